The molecular formula is C17H24FN5O3. The average molecular weight is 365 g/mol. The number of nitrogens with zero attached hydrogens (tertiary/aromatic N) is 2. The lowest BCUT2D eigenvalue weighted by Crippen LogP contribution is -2.43. The number of rotatable bonds is 5. The second-order valence-corrected chi connectivity index (χ2v) is 6.52. The largest absolute Gasteiger partial charge is 0.442 e. The molecule has 2 amide bonds. The number of nitrogens with two attached hydrogens (primary N) is 1. The average Bonchev–Trinajstić information content (AvgIpc) is 3.01. The first-order valence-electron chi connectivity index (χ1n) is 8.72. The van der Waals surface area contributed by atoms with E-state index in [0.717, 1.165) is 26.2 Å². The molecule has 8 nitrogen and oxygen atoms in total. The first-order chi connectivity index (χ1) is 12.5. The number of carbonyl (C=O) groups is 2. The molecule has 142 valence electrons. The Morgan fingerprint density at radius 3 is 2.85 bits per heavy atom. The maximum absolute atomic E-state index is 14.5. The first kappa shape index (κ1) is 18.4. The van der Waals surface area contributed by atoms with Crippen LogP contribution in [0.5, 0.6) is 0 Å². The monoisotopic (exact) mass is 365 g/mol. The molecule has 0 saturated carbocycles. The third kappa shape index (κ3) is 4.05. The van der Waals surface area contributed by atoms with E-state index >= 15 is 0 Å². The van der Waals surface area contributed by atoms with Crippen LogP contribution in [0.25, 0.3) is 0 Å². The van der Waals surface area contributed by atoms with E-state index in [2.05, 4.69) is 10.6 Å². The normalized spacial score (nSPS) is 21.5. The van der Waals surface area contributed by atoms with Crippen molar-refractivity contribution >= 4 is 23.4 Å². The molecule has 1 aromatic rings. The number of nitrogens with one attached hydrogen (secondary N) is 2. The standard InChI is InChI=1S/C17H24FN5O3/c1-11(19)16(24)21-9-13-10-23(17(25)26-13)12-2-3-15(14(18)8-12)22-6-4-20-5-7-22/h2-3,8,11,13,20H,4-7,9-10,19H2,1H3,(H,21,24)/t11?,13-/m0/s1. The SMILES string of the molecule is CC(N)C(=O)NC[C@H]1CN(c2ccc(N3CCNCC3)c(F)c2)C(=O)O1. The molecule has 0 spiro atoms. The van der Waals surface area contributed by atoms with Crippen LogP contribution in [0, 0.1) is 5.82 Å². The minimum Gasteiger partial charge on any atom is -0.442 e. The third-order valence-electron chi connectivity index (χ3n) is 4.49. The van der Waals surface area contributed by atoms with Crippen molar-refractivity contribution in [2.24, 2.45) is 5.73 Å². The van der Waals surface area contributed by atoms with Gasteiger partial charge in [0.1, 0.15) is 11.9 Å². The zero-order chi connectivity index (χ0) is 18.7. The Bertz CT molecular complexity index is 678. The molecule has 0 bridgehead atoms. The molecule has 0 aromatic heterocycles. The van der Waals surface area contributed by atoms with E-state index in [0.29, 0.717) is 11.4 Å². The minimum atomic E-state index is -0.630. The van der Waals surface area contributed by atoms with Gasteiger partial charge in [-0.1, -0.05) is 0 Å². The van der Waals surface area contributed by atoms with Gasteiger partial charge >= 0.3 is 6.09 Å². The van der Waals surface area contributed by atoms with Gasteiger partial charge in [-0.15, -0.1) is 0 Å². The van der Waals surface area contributed by atoms with E-state index in [1.54, 1.807) is 19.1 Å². The van der Waals surface area contributed by atoms with Gasteiger partial charge in [-0.05, 0) is 25.1 Å². The second-order valence-electron chi connectivity index (χ2n) is 6.52. The van der Waals surface area contributed by atoms with Gasteiger partial charge in [0.15, 0.2) is 0 Å². The Labute approximate surface area is 151 Å². The molecule has 2 fully saturated rings. The van der Waals surface area contributed by atoms with E-state index < -0.39 is 18.2 Å². The van der Waals surface area contributed by atoms with Crippen LogP contribution < -0.4 is 26.2 Å². The highest BCUT2D eigenvalue weighted by molar-refractivity contribution is 5.90. The number of ether oxygens (including phenoxy) is 1. The van der Waals surface area contributed by atoms with Gasteiger partial charge in [-0.2, -0.15) is 0 Å². The van der Waals surface area contributed by atoms with E-state index in [1.165, 1.54) is 11.0 Å². The summed E-state index contributed by atoms with van der Waals surface area (Å²) in [4.78, 5) is 26.9. The molecule has 0 aliphatic carbocycles. The zero-order valence-electron chi connectivity index (χ0n) is 14.7. The van der Waals surface area contributed by atoms with Crippen LogP contribution in [0.4, 0.5) is 20.6 Å². The number of hydrogen-bond acceptors (Lipinski definition) is 6. The van der Waals surface area contributed by atoms with Gasteiger partial charge in [-0.3, -0.25) is 9.69 Å². The molecular weight excluding hydrogens is 341 g/mol. The second kappa shape index (κ2) is 7.88. The third-order valence-corrected chi connectivity index (χ3v) is 4.49. The molecule has 0 radical (unpaired) electrons. The van der Waals surface area contributed by atoms with Crippen molar-refractivity contribution in [1.82, 2.24) is 10.6 Å². The number of anilines is 2. The van der Waals surface area contributed by atoms with Crippen molar-refractivity contribution < 1.29 is 18.7 Å². The first-order valence-corrected chi connectivity index (χ1v) is 8.72. The summed E-state index contributed by atoms with van der Waals surface area (Å²) in [5, 5.41) is 5.85. The number of halogens is 1. The zero-order valence-corrected chi connectivity index (χ0v) is 14.7. The van der Waals surface area contributed by atoms with Crippen molar-refractivity contribution in [3.8, 4) is 0 Å². The summed E-state index contributed by atoms with van der Waals surface area (Å²) in [7, 11) is 0. The number of carbonyl (C=O) groups excluding carboxylic acids is 2. The Morgan fingerprint density at radius 2 is 2.19 bits per heavy atom. The van der Waals surface area contributed by atoms with E-state index in [1.807, 2.05) is 4.90 Å². The number of amides is 2. The summed E-state index contributed by atoms with van der Waals surface area (Å²) in [5.41, 5.74) is 6.45. The minimum absolute atomic E-state index is 0.171. The van der Waals surface area contributed by atoms with Gasteiger partial charge in [0.2, 0.25) is 5.91 Å². The Balaban J connectivity index is 1.64. The van der Waals surface area contributed by atoms with Crippen LogP contribution in [0.15, 0.2) is 18.2 Å². The van der Waals surface area contributed by atoms with Crippen molar-refractivity contribution in [1.29, 1.82) is 0 Å². The number of piperazine rings is 1. The quantitative estimate of drug-likeness (QED) is 0.681. The lowest BCUT2D eigenvalue weighted by atomic mass is 10.2. The number of benzene rings is 1. The molecule has 3 rings (SSSR count). The van der Waals surface area contributed by atoms with Crippen LogP contribution in [-0.2, 0) is 9.53 Å². The van der Waals surface area contributed by atoms with Crippen LogP contribution in [0.1, 0.15) is 6.92 Å². The molecule has 1 unspecified atom stereocenters. The Morgan fingerprint density at radius 1 is 1.46 bits per heavy atom. The smallest absolute Gasteiger partial charge is 0.414 e. The van der Waals surface area contributed by atoms with Crippen molar-refractivity contribution in [3.05, 3.63) is 24.0 Å². The lowest BCUT2D eigenvalue weighted by molar-refractivity contribution is -0.122. The summed E-state index contributed by atoms with van der Waals surface area (Å²) in [6.07, 6.45) is -1.06. The summed E-state index contributed by atoms with van der Waals surface area (Å²) in [6, 6.07) is 4.12. The molecule has 2 aliphatic heterocycles. The van der Waals surface area contributed by atoms with Gasteiger partial charge in [0.05, 0.1) is 30.5 Å². The number of cyclic esters (lactones) is 1. The van der Waals surface area contributed by atoms with Gasteiger partial charge in [0, 0.05) is 26.2 Å². The van der Waals surface area contributed by atoms with Crippen LogP contribution in [0.2, 0.25) is 0 Å². The molecule has 4 N–H and O–H groups in total. The molecule has 2 atom stereocenters. The molecule has 2 saturated heterocycles. The predicted molar refractivity (Wildman–Crippen MR) is 95.8 cm³/mol. The van der Waals surface area contributed by atoms with Crippen molar-refractivity contribution in [2.75, 3.05) is 49.1 Å². The summed E-state index contributed by atoms with van der Waals surface area (Å²) < 4.78 is 19.8. The summed E-state index contributed by atoms with van der Waals surface area (Å²) in [6.45, 7) is 5.09. The Hall–Kier alpha value is -2.39. The van der Waals surface area contributed by atoms with Crippen LogP contribution in [0.3, 0.4) is 0 Å². The van der Waals surface area contributed by atoms with Gasteiger partial charge in [0.25, 0.3) is 0 Å². The summed E-state index contributed by atoms with van der Waals surface area (Å²) in [5.74, 6) is -0.683. The predicted octanol–water partition coefficient (Wildman–Crippen LogP) is 0.0239. The molecule has 2 aliphatic rings. The fraction of sp³-hybridized carbons (Fsp3) is 0.529. The van der Waals surface area contributed by atoms with Gasteiger partial charge < -0.3 is 26.0 Å². The highest BCUT2D eigenvalue weighted by atomic mass is 19.1. The fourth-order valence-electron chi connectivity index (χ4n) is 3.04. The van der Waals surface area contributed by atoms with Crippen LogP contribution >= 0.6 is 0 Å². The van der Waals surface area contributed by atoms with Crippen LogP contribution in [-0.4, -0.2) is 63.4 Å². The van der Waals surface area contributed by atoms with E-state index in [-0.39, 0.29) is 24.8 Å². The molecule has 26 heavy (non-hydrogen) atoms. The maximum Gasteiger partial charge on any atom is 0.414 e. The highest BCUT2D eigenvalue weighted by Crippen LogP contribution is 2.28. The van der Waals surface area contributed by atoms with E-state index in [4.69, 9.17) is 10.5 Å². The van der Waals surface area contributed by atoms with Crippen molar-refractivity contribution in [3.63, 3.8) is 0 Å². The maximum atomic E-state index is 14.5. The van der Waals surface area contributed by atoms with Gasteiger partial charge in [-0.25, -0.2) is 9.18 Å². The highest BCUT2D eigenvalue weighted by Gasteiger charge is 2.33. The molecule has 1 aromatic carbocycles. The number of hydrogen-bond donors (Lipinski definition) is 3. The fourth-order valence-corrected chi connectivity index (χ4v) is 3.04. The van der Waals surface area contributed by atoms with E-state index in [9.17, 15) is 14.0 Å². The Kier molecular flexibility index (Phi) is 5.58. The lowest BCUT2D eigenvalue weighted by Gasteiger charge is -2.30. The molecule has 2 heterocycles. The van der Waals surface area contributed by atoms with Crippen molar-refractivity contribution in [2.45, 2.75) is 19.1 Å². The molecule has 9 heteroatoms. The topological polar surface area (TPSA) is 99.9 Å². The summed E-state index contributed by atoms with van der Waals surface area (Å²) >= 11 is 0.